The molecule has 0 atom stereocenters. The summed E-state index contributed by atoms with van der Waals surface area (Å²) in [6, 6.07) is 5.96. The predicted molar refractivity (Wildman–Crippen MR) is 67.8 cm³/mol. The number of aryl methyl sites for hydroxylation is 1. The van der Waals surface area contributed by atoms with Gasteiger partial charge in [-0.2, -0.15) is 0 Å². The van der Waals surface area contributed by atoms with Crippen molar-refractivity contribution in [2.75, 3.05) is 5.73 Å². The van der Waals surface area contributed by atoms with Crippen LogP contribution in [0.25, 0.3) is 22.0 Å². The summed E-state index contributed by atoms with van der Waals surface area (Å²) in [6.45, 7) is 0. The molecule has 86 valence electrons. The van der Waals surface area contributed by atoms with Crippen LogP contribution in [0.4, 0.5) is 5.88 Å². The zero-order valence-electron chi connectivity index (χ0n) is 9.14. The molecule has 0 unspecified atom stereocenters. The maximum atomic E-state index is 6.16. The molecule has 17 heavy (non-hydrogen) atoms. The van der Waals surface area contributed by atoms with Gasteiger partial charge in [0, 0.05) is 24.1 Å². The van der Waals surface area contributed by atoms with Crippen LogP contribution in [-0.2, 0) is 7.05 Å². The Morgan fingerprint density at radius 1 is 1.41 bits per heavy atom. The minimum atomic E-state index is 0.316. The lowest BCUT2D eigenvalue weighted by Gasteiger charge is -2.00. The Morgan fingerprint density at radius 2 is 2.24 bits per heavy atom. The summed E-state index contributed by atoms with van der Waals surface area (Å²) in [5.41, 5.74) is 8.50. The minimum absolute atomic E-state index is 0.316. The number of rotatable bonds is 1. The number of nitrogen functional groups attached to an aromatic ring is 1. The molecule has 0 radical (unpaired) electrons. The minimum Gasteiger partial charge on any atom is -0.367 e. The summed E-state index contributed by atoms with van der Waals surface area (Å²) >= 11 is 6.16. The number of halogens is 1. The first kappa shape index (κ1) is 10.2. The average molecular weight is 248 g/mol. The molecular formula is C12H10ClN3O. The van der Waals surface area contributed by atoms with E-state index in [1.807, 2.05) is 36.0 Å². The van der Waals surface area contributed by atoms with Gasteiger partial charge >= 0.3 is 0 Å². The van der Waals surface area contributed by atoms with Gasteiger partial charge in [0.1, 0.15) is 0 Å². The largest absolute Gasteiger partial charge is 0.367 e. The van der Waals surface area contributed by atoms with Gasteiger partial charge in [-0.25, -0.2) is 0 Å². The zero-order valence-corrected chi connectivity index (χ0v) is 9.90. The Labute approximate surface area is 103 Å². The number of hydrogen-bond donors (Lipinski definition) is 1. The number of nitrogens with zero attached hydrogens (tertiary/aromatic N) is 2. The summed E-state index contributed by atoms with van der Waals surface area (Å²) in [7, 11) is 1.96. The van der Waals surface area contributed by atoms with Crippen LogP contribution < -0.4 is 5.73 Å². The standard InChI is InChI=1S/C12H10ClN3O/c1-16-6-10(13)8-4-7(2-3-11(8)16)9-5-15-17-12(9)14/h2-6H,14H2,1H3. The Bertz CT molecular complexity index is 699. The molecule has 0 amide bonds. The molecule has 2 N–H and O–H groups in total. The molecule has 2 aromatic heterocycles. The molecule has 0 spiro atoms. The first-order valence-electron chi connectivity index (χ1n) is 5.12. The maximum Gasteiger partial charge on any atom is 0.229 e. The smallest absolute Gasteiger partial charge is 0.229 e. The van der Waals surface area contributed by atoms with Crippen molar-refractivity contribution in [3.63, 3.8) is 0 Å². The van der Waals surface area contributed by atoms with Crippen molar-refractivity contribution in [2.24, 2.45) is 7.05 Å². The molecule has 5 heteroatoms. The van der Waals surface area contributed by atoms with Crippen LogP contribution in [0.15, 0.2) is 35.1 Å². The van der Waals surface area contributed by atoms with Gasteiger partial charge < -0.3 is 14.8 Å². The van der Waals surface area contributed by atoms with Crippen LogP contribution >= 0.6 is 11.6 Å². The monoisotopic (exact) mass is 247 g/mol. The van der Waals surface area contributed by atoms with Crippen molar-refractivity contribution in [3.05, 3.63) is 35.6 Å². The van der Waals surface area contributed by atoms with E-state index in [1.165, 1.54) is 0 Å². The number of aromatic nitrogens is 2. The molecule has 1 aromatic carbocycles. The summed E-state index contributed by atoms with van der Waals surface area (Å²) < 4.78 is 6.84. The predicted octanol–water partition coefficient (Wildman–Crippen LogP) is 3.07. The van der Waals surface area contributed by atoms with Crippen molar-refractivity contribution in [2.45, 2.75) is 0 Å². The molecule has 0 saturated carbocycles. The third-order valence-electron chi connectivity index (χ3n) is 2.85. The molecule has 0 bridgehead atoms. The van der Waals surface area contributed by atoms with Gasteiger partial charge in [0.25, 0.3) is 0 Å². The van der Waals surface area contributed by atoms with E-state index in [0.29, 0.717) is 5.88 Å². The quantitative estimate of drug-likeness (QED) is 0.719. The molecular weight excluding hydrogens is 238 g/mol. The van der Waals surface area contributed by atoms with Crippen molar-refractivity contribution in [1.82, 2.24) is 9.72 Å². The second-order valence-corrected chi connectivity index (χ2v) is 4.33. The van der Waals surface area contributed by atoms with E-state index < -0.39 is 0 Å². The van der Waals surface area contributed by atoms with E-state index in [-0.39, 0.29) is 0 Å². The number of nitrogens with two attached hydrogens (primary N) is 1. The topological polar surface area (TPSA) is 57.0 Å². The molecule has 4 nitrogen and oxygen atoms in total. The third kappa shape index (κ3) is 1.49. The van der Waals surface area contributed by atoms with Crippen LogP contribution in [0.1, 0.15) is 0 Å². The van der Waals surface area contributed by atoms with E-state index in [9.17, 15) is 0 Å². The van der Waals surface area contributed by atoms with Crippen LogP contribution in [0, 0.1) is 0 Å². The van der Waals surface area contributed by atoms with E-state index in [1.54, 1.807) is 6.20 Å². The molecule has 0 aliphatic heterocycles. The zero-order chi connectivity index (χ0) is 12.0. The fraction of sp³-hybridized carbons (Fsp3) is 0.0833. The highest BCUT2D eigenvalue weighted by Gasteiger charge is 2.10. The van der Waals surface area contributed by atoms with Crippen LogP contribution in [-0.4, -0.2) is 9.72 Å². The van der Waals surface area contributed by atoms with Crippen molar-refractivity contribution >= 4 is 28.4 Å². The summed E-state index contributed by atoms with van der Waals surface area (Å²) in [4.78, 5) is 0. The van der Waals surface area contributed by atoms with E-state index >= 15 is 0 Å². The van der Waals surface area contributed by atoms with Crippen LogP contribution in [0.3, 0.4) is 0 Å². The Hall–Kier alpha value is -1.94. The number of fused-ring (bicyclic) bond motifs is 1. The first-order chi connectivity index (χ1) is 8.16. The number of anilines is 1. The van der Waals surface area contributed by atoms with Crippen molar-refractivity contribution in [3.8, 4) is 11.1 Å². The van der Waals surface area contributed by atoms with Gasteiger partial charge in [-0.1, -0.05) is 22.8 Å². The van der Waals surface area contributed by atoms with E-state index in [2.05, 4.69) is 5.16 Å². The number of benzene rings is 1. The fourth-order valence-electron chi connectivity index (χ4n) is 1.98. The fourth-order valence-corrected chi connectivity index (χ4v) is 2.27. The second kappa shape index (κ2) is 3.53. The molecule has 0 saturated heterocycles. The lowest BCUT2D eigenvalue weighted by Crippen LogP contribution is -1.86. The summed E-state index contributed by atoms with van der Waals surface area (Å²) in [5.74, 6) is 0.316. The first-order valence-corrected chi connectivity index (χ1v) is 5.49. The maximum absolute atomic E-state index is 6.16. The SMILES string of the molecule is Cn1cc(Cl)c2cc(-c3cnoc3N)ccc21. The Balaban J connectivity index is 2.27. The molecule has 0 aliphatic rings. The Morgan fingerprint density at radius 3 is 2.94 bits per heavy atom. The second-order valence-electron chi connectivity index (χ2n) is 3.92. The van der Waals surface area contributed by atoms with Gasteiger partial charge in [0.05, 0.1) is 16.8 Å². The van der Waals surface area contributed by atoms with Gasteiger partial charge in [0.15, 0.2) is 0 Å². The average Bonchev–Trinajstić information content (AvgIpc) is 2.84. The van der Waals surface area contributed by atoms with Crippen LogP contribution in [0.2, 0.25) is 5.02 Å². The highest BCUT2D eigenvalue weighted by Crippen LogP contribution is 2.32. The lowest BCUT2D eigenvalue weighted by molar-refractivity contribution is 0.436. The van der Waals surface area contributed by atoms with Crippen molar-refractivity contribution in [1.29, 1.82) is 0 Å². The summed E-state index contributed by atoms with van der Waals surface area (Å²) in [6.07, 6.45) is 3.49. The summed E-state index contributed by atoms with van der Waals surface area (Å²) in [5, 5.41) is 5.38. The third-order valence-corrected chi connectivity index (χ3v) is 3.15. The van der Waals surface area contributed by atoms with Gasteiger partial charge in [-0.15, -0.1) is 0 Å². The van der Waals surface area contributed by atoms with E-state index in [0.717, 1.165) is 27.1 Å². The van der Waals surface area contributed by atoms with Gasteiger partial charge in [-0.05, 0) is 17.7 Å². The van der Waals surface area contributed by atoms with Crippen molar-refractivity contribution < 1.29 is 4.52 Å². The number of hydrogen-bond acceptors (Lipinski definition) is 3. The normalized spacial score (nSPS) is 11.2. The molecule has 0 aliphatic carbocycles. The van der Waals surface area contributed by atoms with Crippen LogP contribution in [0.5, 0.6) is 0 Å². The highest BCUT2D eigenvalue weighted by atomic mass is 35.5. The van der Waals surface area contributed by atoms with Gasteiger partial charge in [0.2, 0.25) is 5.88 Å². The molecule has 0 fully saturated rings. The molecule has 3 aromatic rings. The Kier molecular flexibility index (Phi) is 2.12. The molecule has 3 rings (SSSR count). The van der Waals surface area contributed by atoms with E-state index in [4.69, 9.17) is 21.9 Å². The molecule has 2 heterocycles. The lowest BCUT2D eigenvalue weighted by atomic mass is 10.1. The highest BCUT2D eigenvalue weighted by molar-refractivity contribution is 6.35. The van der Waals surface area contributed by atoms with Gasteiger partial charge in [-0.3, -0.25) is 0 Å².